The SMILES string of the molecule is C=CN=CN/C(CCC1(O)CCN(C(=O)CCc2ccccc2)CC1)=C(\c1ccc(CNCCCNC)cc1)N(C)N. The molecule has 0 aromatic heterocycles. The molecule has 0 atom stereocenters. The standard InChI is InChI=1S/C33H49N7O2/c1-4-36-26-38-30(32(39(3)34)29-14-11-28(12-15-29)25-37-22-8-21-35-2)17-18-33(42)19-23-40(24-20-33)31(41)16-13-27-9-6-5-7-10-27/h4-7,9-12,14-15,26,35,37,42H,1,8,13,16-25,34H2,2-3H3,(H,36,38)/b32-30+. The van der Waals surface area contributed by atoms with Crippen molar-refractivity contribution >= 4 is 17.9 Å². The number of allylic oxidation sites excluding steroid dienone is 1. The van der Waals surface area contributed by atoms with E-state index >= 15 is 0 Å². The predicted octanol–water partition coefficient (Wildman–Crippen LogP) is 3.39. The Hall–Kier alpha value is -3.50. The van der Waals surface area contributed by atoms with Crippen LogP contribution in [-0.2, 0) is 17.8 Å². The van der Waals surface area contributed by atoms with Crippen LogP contribution >= 0.6 is 0 Å². The molecule has 0 saturated carbocycles. The number of rotatable bonds is 17. The third kappa shape index (κ3) is 10.7. The van der Waals surface area contributed by atoms with E-state index in [2.05, 4.69) is 51.8 Å². The van der Waals surface area contributed by atoms with Crippen molar-refractivity contribution in [2.24, 2.45) is 10.8 Å². The highest BCUT2D eigenvalue weighted by Crippen LogP contribution is 2.31. The van der Waals surface area contributed by atoms with Crippen molar-refractivity contribution in [3.05, 3.63) is 89.8 Å². The molecule has 1 aliphatic heterocycles. The number of nitrogens with zero attached hydrogens (tertiary/aromatic N) is 3. The van der Waals surface area contributed by atoms with Gasteiger partial charge in [-0.15, -0.1) is 0 Å². The van der Waals surface area contributed by atoms with Gasteiger partial charge in [0, 0.05) is 50.6 Å². The van der Waals surface area contributed by atoms with Gasteiger partial charge in [0.2, 0.25) is 5.91 Å². The lowest BCUT2D eigenvalue weighted by molar-refractivity contribution is -0.135. The minimum absolute atomic E-state index is 0.146. The Labute approximate surface area is 251 Å². The van der Waals surface area contributed by atoms with Gasteiger partial charge < -0.3 is 31.0 Å². The minimum atomic E-state index is -0.861. The van der Waals surface area contributed by atoms with Gasteiger partial charge in [0.15, 0.2) is 0 Å². The second kappa shape index (κ2) is 17.5. The fourth-order valence-corrected chi connectivity index (χ4v) is 5.26. The Kier molecular flexibility index (Phi) is 13.7. The molecule has 0 radical (unpaired) electrons. The molecule has 0 unspecified atom stereocenters. The molecular weight excluding hydrogens is 526 g/mol. The van der Waals surface area contributed by atoms with E-state index in [-0.39, 0.29) is 5.91 Å². The lowest BCUT2D eigenvalue weighted by Crippen LogP contribution is -2.47. The molecule has 0 bridgehead atoms. The molecule has 1 amide bonds. The summed E-state index contributed by atoms with van der Waals surface area (Å²) in [7, 11) is 3.78. The summed E-state index contributed by atoms with van der Waals surface area (Å²) in [5.41, 5.74) is 4.16. The second-order valence-corrected chi connectivity index (χ2v) is 11.0. The smallest absolute Gasteiger partial charge is 0.222 e. The summed E-state index contributed by atoms with van der Waals surface area (Å²) in [6.07, 6.45) is 7.54. The van der Waals surface area contributed by atoms with E-state index in [1.807, 2.05) is 49.3 Å². The normalized spacial score (nSPS) is 15.4. The number of aliphatic hydroxyl groups is 1. The van der Waals surface area contributed by atoms with E-state index < -0.39 is 5.60 Å². The molecule has 9 nitrogen and oxygen atoms in total. The minimum Gasteiger partial charge on any atom is -0.390 e. The van der Waals surface area contributed by atoms with Crippen LogP contribution in [0.1, 0.15) is 55.2 Å². The highest BCUT2D eigenvalue weighted by molar-refractivity contribution is 5.76. The predicted molar refractivity (Wildman–Crippen MR) is 172 cm³/mol. The van der Waals surface area contributed by atoms with Crippen molar-refractivity contribution in [1.29, 1.82) is 0 Å². The fourth-order valence-electron chi connectivity index (χ4n) is 5.26. The van der Waals surface area contributed by atoms with E-state index in [1.54, 1.807) is 11.3 Å². The molecular formula is C33H49N7O2. The number of carbonyl (C=O) groups is 1. The van der Waals surface area contributed by atoms with Crippen LogP contribution in [0.15, 0.2) is 78.1 Å². The average Bonchev–Trinajstić information content (AvgIpc) is 3.00. The van der Waals surface area contributed by atoms with Crippen LogP contribution in [0.3, 0.4) is 0 Å². The Morgan fingerprint density at radius 1 is 1.10 bits per heavy atom. The number of carbonyl (C=O) groups excluding carboxylic acids is 1. The summed E-state index contributed by atoms with van der Waals surface area (Å²) >= 11 is 0. The van der Waals surface area contributed by atoms with Crippen molar-refractivity contribution in [2.45, 2.75) is 57.1 Å². The van der Waals surface area contributed by atoms with Crippen molar-refractivity contribution < 1.29 is 9.90 Å². The molecule has 1 heterocycles. The molecule has 3 rings (SSSR count). The molecule has 0 aliphatic carbocycles. The van der Waals surface area contributed by atoms with E-state index in [0.29, 0.717) is 45.2 Å². The van der Waals surface area contributed by atoms with Gasteiger partial charge in [-0.05, 0) is 69.8 Å². The van der Waals surface area contributed by atoms with E-state index in [0.717, 1.165) is 49.4 Å². The van der Waals surface area contributed by atoms with Crippen molar-refractivity contribution in [3.8, 4) is 0 Å². The van der Waals surface area contributed by atoms with Gasteiger partial charge in [0.25, 0.3) is 0 Å². The van der Waals surface area contributed by atoms with E-state index in [4.69, 9.17) is 5.84 Å². The van der Waals surface area contributed by atoms with Gasteiger partial charge in [0.05, 0.1) is 17.6 Å². The Morgan fingerprint density at radius 2 is 1.81 bits per heavy atom. The lowest BCUT2D eigenvalue weighted by Gasteiger charge is -2.38. The first-order valence-electron chi connectivity index (χ1n) is 14.9. The number of nitrogens with two attached hydrogens (primary N) is 1. The van der Waals surface area contributed by atoms with Crippen LogP contribution in [0.25, 0.3) is 5.70 Å². The molecule has 6 N–H and O–H groups in total. The number of amides is 1. The number of likely N-dealkylation sites (tertiary alicyclic amines) is 1. The summed E-state index contributed by atoms with van der Waals surface area (Å²) < 4.78 is 0. The quantitative estimate of drug-likeness (QED) is 0.0645. The molecule has 228 valence electrons. The Bertz CT molecular complexity index is 1150. The molecule has 1 fully saturated rings. The van der Waals surface area contributed by atoms with Crippen LogP contribution in [0.4, 0.5) is 0 Å². The molecule has 0 spiro atoms. The number of nitrogens with one attached hydrogen (secondary N) is 3. The molecule has 42 heavy (non-hydrogen) atoms. The first-order chi connectivity index (χ1) is 20.3. The van der Waals surface area contributed by atoms with Crippen LogP contribution in [0.5, 0.6) is 0 Å². The van der Waals surface area contributed by atoms with Gasteiger partial charge >= 0.3 is 0 Å². The summed E-state index contributed by atoms with van der Waals surface area (Å²) in [4.78, 5) is 18.8. The summed E-state index contributed by atoms with van der Waals surface area (Å²) in [6.45, 7) is 7.53. The van der Waals surface area contributed by atoms with Gasteiger partial charge in [0.1, 0.15) is 0 Å². The Balaban J connectivity index is 1.63. The number of benzene rings is 2. The number of aliphatic imine (C=N–C) groups is 1. The zero-order valence-corrected chi connectivity index (χ0v) is 25.3. The van der Waals surface area contributed by atoms with Crippen LogP contribution < -0.4 is 21.8 Å². The molecule has 2 aromatic carbocycles. The molecule has 1 saturated heterocycles. The topological polar surface area (TPSA) is 118 Å². The lowest BCUT2D eigenvalue weighted by atomic mass is 9.86. The van der Waals surface area contributed by atoms with Gasteiger partial charge in [-0.25, -0.2) is 10.8 Å². The van der Waals surface area contributed by atoms with Crippen molar-refractivity contribution in [2.75, 3.05) is 40.3 Å². The third-order valence-corrected chi connectivity index (χ3v) is 7.75. The van der Waals surface area contributed by atoms with E-state index in [1.165, 1.54) is 17.3 Å². The molecule has 1 aliphatic rings. The zero-order chi connectivity index (χ0) is 30.2. The second-order valence-electron chi connectivity index (χ2n) is 11.0. The first kappa shape index (κ1) is 33.0. The number of piperidine rings is 1. The third-order valence-electron chi connectivity index (χ3n) is 7.75. The highest BCUT2D eigenvalue weighted by atomic mass is 16.3. The maximum atomic E-state index is 12.8. The van der Waals surface area contributed by atoms with Gasteiger partial charge in [-0.3, -0.25) is 4.79 Å². The van der Waals surface area contributed by atoms with Crippen LogP contribution in [0, 0.1) is 0 Å². The summed E-state index contributed by atoms with van der Waals surface area (Å²) in [5.74, 6) is 6.49. The maximum absolute atomic E-state index is 12.8. The monoisotopic (exact) mass is 575 g/mol. The van der Waals surface area contributed by atoms with Crippen LogP contribution in [0.2, 0.25) is 0 Å². The number of hydrogen-bond acceptors (Lipinski definition) is 7. The average molecular weight is 576 g/mol. The molecule has 2 aromatic rings. The molecule has 9 heteroatoms. The highest BCUT2D eigenvalue weighted by Gasteiger charge is 2.34. The van der Waals surface area contributed by atoms with Crippen LogP contribution in [-0.4, -0.2) is 73.1 Å². The zero-order valence-electron chi connectivity index (χ0n) is 25.3. The summed E-state index contributed by atoms with van der Waals surface area (Å²) in [6, 6.07) is 18.4. The number of hydrazine groups is 1. The van der Waals surface area contributed by atoms with Gasteiger partial charge in [-0.1, -0.05) is 61.2 Å². The fraction of sp³-hybridized carbons (Fsp3) is 0.455. The van der Waals surface area contributed by atoms with Gasteiger partial charge in [-0.2, -0.15) is 0 Å². The van der Waals surface area contributed by atoms with Crippen molar-refractivity contribution in [3.63, 3.8) is 0 Å². The maximum Gasteiger partial charge on any atom is 0.222 e. The van der Waals surface area contributed by atoms with Crippen molar-refractivity contribution in [1.82, 2.24) is 25.9 Å². The Morgan fingerprint density at radius 3 is 2.45 bits per heavy atom. The summed E-state index contributed by atoms with van der Waals surface area (Å²) in [5, 5.41) is 23.0. The first-order valence-corrected chi connectivity index (χ1v) is 14.9. The largest absolute Gasteiger partial charge is 0.390 e. The number of hydrogen-bond donors (Lipinski definition) is 5. The van der Waals surface area contributed by atoms with E-state index in [9.17, 15) is 9.90 Å². The number of aryl methyl sites for hydroxylation is 1.